The second-order valence-electron chi connectivity index (χ2n) is 40.9. The minimum Gasteiger partial charge on any atom is -0.364 e. The average Bonchev–Trinajstić information content (AvgIpc) is 1.59. The number of pyridine rings is 5. The zero-order valence-corrected chi connectivity index (χ0v) is 85.1. The summed E-state index contributed by atoms with van der Waals surface area (Å²) in [6, 6.07) is 39.5. The normalized spacial score (nSPS) is 19.4. The number of Topliss-reactive ketones (excluding diaryl/α,β-unsaturated/α-hetero) is 2. The van der Waals surface area contributed by atoms with Crippen molar-refractivity contribution in [2.45, 2.75) is 186 Å². The number of amides is 3. The molecule has 3 saturated carbocycles. The number of aromatic nitrogens is 14. The Kier molecular flexibility index (Phi) is 29.4. The molecule has 760 valence electrons. The predicted molar refractivity (Wildman–Crippen MR) is 557 cm³/mol. The first kappa shape index (κ1) is 101. The number of halogens is 4. The smallest absolute Gasteiger partial charge is 0.364 e. The predicted octanol–water partition coefficient (Wildman–Crippen LogP) is 17.3. The van der Waals surface area contributed by atoms with Gasteiger partial charge < -0.3 is 21.9 Å². The summed E-state index contributed by atoms with van der Waals surface area (Å²) in [6.45, 7) is 15.7. The summed E-state index contributed by atoms with van der Waals surface area (Å²) in [5, 5.41) is 22.3. The third-order valence-corrected chi connectivity index (χ3v) is 33.0. The van der Waals surface area contributed by atoms with Gasteiger partial charge in [0.05, 0.1) is 69.5 Å². The Bertz CT molecular complexity index is 7600. The number of alkyl halides is 4. The monoisotopic (exact) mass is 2020 g/mol. The second-order valence-corrected chi connectivity index (χ2v) is 44.5. The number of hydrogen-bond donors (Lipinski definition) is 3. The Labute approximate surface area is 848 Å². The molecule has 8 aliphatic rings. The lowest BCUT2D eigenvalue weighted by Crippen LogP contribution is -2.51. The summed E-state index contributed by atoms with van der Waals surface area (Å²) < 4.78 is 89.7. The van der Waals surface area contributed by atoms with E-state index in [-0.39, 0.29) is 58.9 Å². The molecule has 6 N–H and O–H groups in total. The molecule has 5 aliphatic heterocycles. The van der Waals surface area contributed by atoms with E-state index in [1.165, 1.54) is 107 Å². The average molecular weight is 2020 g/mol. The van der Waals surface area contributed by atoms with Crippen LogP contribution in [-0.4, -0.2) is 231 Å². The molecule has 3 aliphatic carbocycles. The van der Waals surface area contributed by atoms with Crippen LogP contribution in [0, 0.1) is 18.3 Å². The number of thiazole rings is 1. The Balaban J connectivity index is 0.000000115. The molecule has 36 heteroatoms. The fourth-order valence-electron chi connectivity index (χ4n) is 21.4. The van der Waals surface area contributed by atoms with E-state index in [2.05, 4.69) is 118 Å². The molecule has 23 rings (SSSR count). The number of nitrogens with two attached hydrogens (primary N) is 3. The van der Waals surface area contributed by atoms with Crippen molar-refractivity contribution in [2.75, 3.05) is 64.8 Å². The fraction of sp³-hybridized carbons (Fsp3) is 0.409. The van der Waals surface area contributed by atoms with Gasteiger partial charge in [-0.1, -0.05) is 73.5 Å². The highest BCUT2D eigenvalue weighted by Crippen LogP contribution is 2.54. The van der Waals surface area contributed by atoms with E-state index in [9.17, 15) is 50.0 Å². The maximum atomic E-state index is 13.4. The minimum absolute atomic E-state index is 0.00640. The number of fused-ring (bicyclic) bond motifs is 5. The van der Waals surface area contributed by atoms with E-state index in [0.717, 1.165) is 172 Å². The van der Waals surface area contributed by atoms with Crippen molar-refractivity contribution < 1.29 is 54.7 Å². The van der Waals surface area contributed by atoms with Crippen LogP contribution in [0.1, 0.15) is 196 Å². The zero-order valence-electron chi connectivity index (χ0n) is 83.5. The van der Waals surface area contributed by atoms with Crippen LogP contribution in [0.2, 0.25) is 0 Å². The van der Waals surface area contributed by atoms with Crippen LogP contribution in [0.3, 0.4) is 0 Å². The number of morpholine rings is 1. The minimum atomic E-state index is -4.41. The maximum absolute atomic E-state index is 13.4. The molecule has 2 spiro atoms. The van der Waals surface area contributed by atoms with Crippen molar-refractivity contribution >= 4 is 105 Å². The summed E-state index contributed by atoms with van der Waals surface area (Å²) in [4.78, 5) is 99.1. The van der Waals surface area contributed by atoms with Crippen molar-refractivity contribution in [3.8, 4) is 55.1 Å². The van der Waals surface area contributed by atoms with E-state index in [0.29, 0.717) is 78.6 Å². The van der Waals surface area contributed by atoms with Gasteiger partial charge in [0.25, 0.3) is 17.7 Å². The highest BCUT2D eigenvalue weighted by atomic mass is 32.2. The van der Waals surface area contributed by atoms with E-state index in [4.69, 9.17) is 21.9 Å². The SMILES string of the molecule is CC(=O)c1cc(-c2cnn(C)c2)c2ccc(CN3CCCCC34CC4)cc2n1.CC(=O)c1cc(-c2cnn(C)c2)c2ccc(CN3CCCCC3CF)cc2n1.Cc1cnc(-c2cc(C(N)=O)nc3cc(CN4C[C@@H](C)O[C@@H](C(F)(F)F)C4)ccc23)s1.Cn1cc(-c2cc(C(N)=O)nc3cc(CN4CCC5(CC4)CC5)ccc23)cn1.Cn1cc(-c2cc(C(N)=O)nc3cc(CN4CCS(=O)(=O)C(C5CC5)C4)ccc23)cn1. The maximum Gasteiger partial charge on any atom is 0.415 e. The van der Waals surface area contributed by atoms with Gasteiger partial charge in [-0.15, -0.1) is 11.3 Å². The highest BCUT2D eigenvalue weighted by Gasteiger charge is 2.50. The lowest BCUT2D eigenvalue weighted by atomic mass is 9.93. The summed E-state index contributed by atoms with van der Waals surface area (Å²) in [7, 11) is 4.52. The number of rotatable bonds is 22. The summed E-state index contributed by atoms with van der Waals surface area (Å²) in [5.74, 6) is -1.27. The lowest BCUT2D eigenvalue weighted by Gasteiger charge is -2.37. The molecule has 10 aromatic heterocycles. The number of benzene rings is 5. The molecule has 0 radical (unpaired) electrons. The topological polar surface area (TPSA) is 372 Å². The van der Waals surface area contributed by atoms with E-state index >= 15 is 0 Å². The first-order valence-corrected chi connectivity index (χ1v) is 52.7. The molecule has 8 fully saturated rings. The van der Waals surface area contributed by atoms with Gasteiger partial charge in [0.15, 0.2) is 27.5 Å². The molecule has 2 unspecified atom stereocenters. The summed E-state index contributed by atoms with van der Waals surface area (Å²) in [6.07, 6.45) is 27.3. The largest absolute Gasteiger partial charge is 0.415 e. The number of aryl methyl sites for hydroxylation is 5. The van der Waals surface area contributed by atoms with Gasteiger partial charge in [-0.2, -0.15) is 33.6 Å². The Morgan fingerprint density at radius 3 is 1.26 bits per heavy atom. The number of likely N-dealkylation sites (tertiary alicyclic amines) is 3. The standard InChI is InChI=1S/C23H26N4O.C22H25FN4O.C22H25N5O3S.C22H25N5O.C21H21F3N4O2S/c1-16(28)21-12-20(18-13-24-26(2)15-18)19-6-5-17(11-22(19)25-21)14-27-10-4-3-7-23(27)8-9-23;1-15(28)21-10-20(17-12-24-26(2)14-17)19-7-6-16(9-22(19)25-21)13-27-8-4-3-5-18(27)11-23;1-26-12-16(10-24-26)18-9-20(22(23)28)25-19-8-14(2-5-17(18)19)11-27-6-7-31(29,30)21(13-27)15-3-4-15;1-26-14-16(12-24-26)18-11-20(21(23)28)25-19-10-15(2-3-17(18)19)13-27-8-6-22(4-5-22)7-9-27;1-11-8-28(10-18(30-11)21(22,23)24)9-13-3-4-14-15(20-26-7-12(2)31-20)6-17(19(25)29)27-16(14)5-13/h5-6,11-13,15H,3-4,7-10,14H2,1-2H3;6-7,9-10,12,14,18H,3-5,8,11,13H2,1-2H3;2,5,8-10,12,15,21H,3-4,6-7,11,13H2,1H3,(H2,23,28);2-3,10-12,14H,4-9,13H2,1H3,(H2,23,28);3-7,11,18H,8-10H2,1-2H3,(H2,25,29)/t;;;;11-,18-/m....1/s1. The van der Waals surface area contributed by atoms with Crippen molar-refractivity contribution in [1.82, 2.24) is 93.5 Å². The van der Waals surface area contributed by atoms with Crippen LogP contribution in [-0.2, 0) is 75.5 Å². The van der Waals surface area contributed by atoms with Gasteiger partial charge >= 0.3 is 6.18 Å². The van der Waals surface area contributed by atoms with Gasteiger partial charge in [-0.3, -0.25) is 67.2 Å². The summed E-state index contributed by atoms with van der Waals surface area (Å²) >= 11 is 1.49. The second kappa shape index (κ2) is 42.3. The van der Waals surface area contributed by atoms with Gasteiger partial charge in [0, 0.05) is 203 Å². The van der Waals surface area contributed by atoms with E-state index < -0.39 is 45.9 Å². The number of primary amides is 3. The molecule has 4 atom stereocenters. The number of ether oxygens (including phenoxy) is 1. The van der Waals surface area contributed by atoms with Crippen molar-refractivity contribution in [3.63, 3.8) is 0 Å². The van der Waals surface area contributed by atoms with Crippen molar-refractivity contribution in [1.29, 1.82) is 0 Å². The number of piperidine rings is 3. The number of sulfone groups is 1. The number of carbonyl (C=O) groups excluding carboxylic acids is 5. The van der Waals surface area contributed by atoms with Crippen LogP contribution < -0.4 is 17.2 Å². The van der Waals surface area contributed by atoms with Crippen LogP contribution in [0.5, 0.6) is 0 Å². The van der Waals surface area contributed by atoms with Gasteiger partial charge in [0.1, 0.15) is 40.2 Å². The van der Waals surface area contributed by atoms with Crippen LogP contribution >= 0.6 is 11.3 Å². The molecular weight excluding hydrogens is 1900 g/mol. The van der Waals surface area contributed by atoms with Crippen LogP contribution in [0.25, 0.3) is 110 Å². The van der Waals surface area contributed by atoms with Crippen LogP contribution in [0.15, 0.2) is 177 Å². The highest BCUT2D eigenvalue weighted by molar-refractivity contribution is 7.92. The third kappa shape index (κ3) is 23.4. The Morgan fingerprint density at radius 2 is 0.863 bits per heavy atom. The molecular formula is C110H122F4N22O8S2. The molecule has 15 heterocycles. The Morgan fingerprint density at radius 1 is 0.452 bits per heavy atom. The Hall–Kier alpha value is -13.2. The van der Waals surface area contributed by atoms with Gasteiger partial charge in [0.2, 0.25) is 0 Å². The molecule has 3 amide bonds. The van der Waals surface area contributed by atoms with Crippen molar-refractivity contribution in [3.05, 3.63) is 238 Å². The fourth-order valence-corrected chi connectivity index (χ4v) is 24.3. The van der Waals surface area contributed by atoms with Crippen LogP contribution in [0.4, 0.5) is 17.6 Å². The molecule has 5 saturated heterocycles. The molecule has 0 bridgehead atoms. The molecule has 146 heavy (non-hydrogen) atoms. The van der Waals surface area contributed by atoms with Gasteiger partial charge in [-0.05, 0) is 239 Å². The number of ketones is 2. The molecule has 30 nitrogen and oxygen atoms in total. The quantitative estimate of drug-likeness (QED) is 0.0419. The molecule has 15 aromatic rings. The van der Waals surface area contributed by atoms with Crippen molar-refractivity contribution in [2.24, 2.45) is 56.7 Å². The number of hydrogen-bond acceptors (Lipinski definition) is 24. The first-order chi connectivity index (χ1) is 70.0. The molecule has 5 aromatic carbocycles. The summed E-state index contributed by atoms with van der Waals surface area (Å²) in [5.41, 5.74) is 36.8. The van der Waals surface area contributed by atoms with E-state index in [1.807, 2.05) is 115 Å². The van der Waals surface area contributed by atoms with E-state index in [1.54, 1.807) is 86.5 Å². The number of carbonyl (C=O) groups is 5. The van der Waals surface area contributed by atoms with Gasteiger partial charge in [-0.25, -0.2) is 42.7 Å². The zero-order chi connectivity index (χ0) is 102. The third-order valence-electron chi connectivity index (χ3n) is 29.8. The first-order valence-electron chi connectivity index (χ1n) is 50.1. The number of nitrogens with zero attached hydrogens (tertiary/aromatic N) is 19. The lowest BCUT2D eigenvalue weighted by molar-refractivity contribution is -0.252.